The summed E-state index contributed by atoms with van der Waals surface area (Å²) in [5.74, 6) is -0.263. The van der Waals surface area contributed by atoms with Gasteiger partial charge in [0, 0.05) is 24.3 Å². The number of hydrogen-bond acceptors (Lipinski definition) is 4. The molecule has 0 radical (unpaired) electrons. The molecule has 0 atom stereocenters. The van der Waals surface area contributed by atoms with Gasteiger partial charge in [0.15, 0.2) is 0 Å². The average Bonchev–Trinajstić information content (AvgIpc) is 2.89. The third kappa shape index (κ3) is 3.65. The van der Waals surface area contributed by atoms with Gasteiger partial charge in [0.25, 0.3) is 5.91 Å². The molecule has 1 aromatic heterocycles. The van der Waals surface area contributed by atoms with Crippen molar-refractivity contribution in [2.45, 2.75) is 6.92 Å². The lowest BCUT2D eigenvalue weighted by Gasteiger charge is -2.20. The van der Waals surface area contributed by atoms with E-state index in [-0.39, 0.29) is 32.2 Å². The van der Waals surface area contributed by atoms with Crippen molar-refractivity contribution >= 4 is 17.5 Å². The molecule has 0 bridgehead atoms. The second-order valence-corrected chi connectivity index (χ2v) is 5.23. The maximum Gasteiger partial charge on any atom is 0.257 e. The highest BCUT2D eigenvalue weighted by molar-refractivity contribution is 6.30. The smallest absolute Gasteiger partial charge is 0.257 e. The lowest BCUT2D eigenvalue weighted by Crippen LogP contribution is -2.36. The molecule has 22 heavy (non-hydrogen) atoms. The summed E-state index contributed by atoms with van der Waals surface area (Å²) in [4.78, 5) is 13.9. The van der Waals surface area contributed by atoms with Crippen LogP contribution in [-0.4, -0.2) is 57.1 Å². The van der Waals surface area contributed by atoms with E-state index in [4.69, 9.17) is 21.8 Å². The van der Waals surface area contributed by atoms with Crippen LogP contribution in [0.5, 0.6) is 0 Å². The van der Waals surface area contributed by atoms with E-state index >= 15 is 0 Å². The molecule has 2 aromatic rings. The second-order valence-electron chi connectivity index (χ2n) is 4.79. The highest BCUT2D eigenvalue weighted by Gasteiger charge is 2.20. The Morgan fingerprint density at radius 2 is 1.82 bits per heavy atom. The number of aliphatic hydroxyl groups excluding tert-OH is 2. The molecule has 1 amide bonds. The predicted octanol–water partition coefficient (Wildman–Crippen LogP) is 1.26. The maximum absolute atomic E-state index is 12.5. The number of aromatic nitrogens is 2. The number of benzene rings is 1. The van der Waals surface area contributed by atoms with E-state index in [2.05, 4.69) is 5.10 Å². The Morgan fingerprint density at radius 3 is 2.36 bits per heavy atom. The largest absolute Gasteiger partial charge is 0.395 e. The molecular weight excluding hydrogens is 306 g/mol. The summed E-state index contributed by atoms with van der Waals surface area (Å²) in [7, 11) is 0. The van der Waals surface area contributed by atoms with Crippen molar-refractivity contribution in [3.63, 3.8) is 0 Å². The van der Waals surface area contributed by atoms with Gasteiger partial charge in [0.1, 0.15) is 0 Å². The van der Waals surface area contributed by atoms with Crippen LogP contribution in [0, 0.1) is 6.92 Å². The Bertz CT molecular complexity index is 634. The quantitative estimate of drug-likeness (QED) is 0.839. The van der Waals surface area contributed by atoms with E-state index in [1.54, 1.807) is 29.9 Å². The molecule has 0 saturated carbocycles. The van der Waals surface area contributed by atoms with E-state index in [1.165, 1.54) is 4.90 Å². The van der Waals surface area contributed by atoms with Gasteiger partial charge >= 0.3 is 0 Å². The molecule has 2 rings (SSSR count). The lowest BCUT2D eigenvalue weighted by molar-refractivity contribution is 0.0684. The minimum absolute atomic E-state index is 0.157. The first-order chi connectivity index (χ1) is 10.6. The number of nitrogens with zero attached hydrogens (tertiary/aromatic N) is 3. The fourth-order valence-electron chi connectivity index (χ4n) is 2.12. The van der Waals surface area contributed by atoms with Gasteiger partial charge in [-0.3, -0.25) is 4.79 Å². The molecule has 0 aliphatic heterocycles. The number of carbonyl (C=O) groups is 1. The molecule has 0 aliphatic carbocycles. The van der Waals surface area contributed by atoms with E-state index in [0.29, 0.717) is 16.3 Å². The van der Waals surface area contributed by atoms with Crippen LogP contribution in [0.1, 0.15) is 16.1 Å². The number of amides is 1. The van der Waals surface area contributed by atoms with Gasteiger partial charge in [0.05, 0.1) is 30.2 Å². The summed E-state index contributed by atoms with van der Waals surface area (Å²) >= 11 is 5.86. The van der Waals surface area contributed by atoms with Crippen LogP contribution in [-0.2, 0) is 0 Å². The van der Waals surface area contributed by atoms with E-state index in [9.17, 15) is 4.79 Å². The molecule has 0 aliphatic rings. The summed E-state index contributed by atoms with van der Waals surface area (Å²) in [5.41, 5.74) is 1.82. The van der Waals surface area contributed by atoms with Gasteiger partial charge < -0.3 is 15.1 Å². The number of aryl methyl sites for hydroxylation is 1. The topological polar surface area (TPSA) is 78.6 Å². The summed E-state index contributed by atoms with van der Waals surface area (Å²) in [6.45, 7) is 1.78. The molecule has 2 N–H and O–H groups in total. The fourth-order valence-corrected chi connectivity index (χ4v) is 2.25. The molecule has 6 nitrogen and oxygen atoms in total. The zero-order chi connectivity index (χ0) is 16.1. The molecule has 1 aromatic carbocycles. The molecule has 7 heteroatoms. The van der Waals surface area contributed by atoms with Crippen molar-refractivity contribution in [1.29, 1.82) is 0 Å². The predicted molar refractivity (Wildman–Crippen MR) is 83.4 cm³/mol. The number of rotatable bonds is 6. The van der Waals surface area contributed by atoms with Crippen LogP contribution in [0.3, 0.4) is 0 Å². The van der Waals surface area contributed by atoms with Gasteiger partial charge in [-0.15, -0.1) is 0 Å². The first kappa shape index (κ1) is 16.5. The first-order valence-electron chi connectivity index (χ1n) is 6.90. The van der Waals surface area contributed by atoms with Gasteiger partial charge in [-0.25, -0.2) is 4.68 Å². The Balaban J connectivity index is 2.28. The third-order valence-corrected chi connectivity index (χ3v) is 3.50. The second kappa shape index (κ2) is 7.40. The molecule has 0 saturated heterocycles. The molecular formula is C15H18ClN3O3. The monoisotopic (exact) mass is 323 g/mol. The minimum atomic E-state index is -0.263. The molecule has 0 fully saturated rings. The van der Waals surface area contributed by atoms with Crippen molar-refractivity contribution in [2.75, 3.05) is 26.3 Å². The molecule has 118 valence electrons. The Hall–Kier alpha value is -1.89. The average molecular weight is 324 g/mol. The Kier molecular flexibility index (Phi) is 5.54. The minimum Gasteiger partial charge on any atom is -0.395 e. The van der Waals surface area contributed by atoms with Gasteiger partial charge in [-0.05, 0) is 31.2 Å². The highest BCUT2D eigenvalue weighted by Crippen LogP contribution is 2.16. The standard InChI is InChI=1S/C15H18ClN3O3/c1-11-14(15(22)18(6-8-20)7-9-21)10-19(17-11)13-4-2-12(16)3-5-13/h2-5,10,20-21H,6-9H2,1H3. The van der Waals surface area contributed by atoms with Crippen LogP contribution < -0.4 is 0 Å². The summed E-state index contributed by atoms with van der Waals surface area (Å²) in [6.07, 6.45) is 1.64. The van der Waals surface area contributed by atoms with Crippen LogP contribution >= 0.6 is 11.6 Å². The van der Waals surface area contributed by atoms with Gasteiger partial charge in [-0.2, -0.15) is 5.10 Å². The first-order valence-corrected chi connectivity index (χ1v) is 7.28. The van der Waals surface area contributed by atoms with E-state index in [1.807, 2.05) is 12.1 Å². The zero-order valence-corrected chi connectivity index (χ0v) is 13.0. The van der Waals surface area contributed by atoms with Crippen LogP contribution in [0.2, 0.25) is 5.02 Å². The van der Waals surface area contributed by atoms with Crippen LogP contribution in [0.4, 0.5) is 0 Å². The molecule has 0 spiro atoms. The SMILES string of the molecule is Cc1nn(-c2ccc(Cl)cc2)cc1C(=O)N(CCO)CCO. The normalized spacial score (nSPS) is 10.7. The summed E-state index contributed by atoms with van der Waals surface area (Å²) in [5, 5.41) is 23.0. The van der Waals surface area contributed by atoms with Crippen molar-refractivity contribution in [3.8, 4) is 5.69 Å². The van der Waals surface area contributed by atoms with Crippen LogP contribution in [0.25, 0.3) is 5.69 Å². The lowest BCUT2D eigenvalue weighted by atomic mass is 10.2. The zero-order valence-electron chi connectivity index (χ0n) is 12.2. The number of halogens is 1. The maximum atomic E-state index is 12.5. The van der Waals surface area contributed by atoms with Crippen molar-refractivity contribution in [1.82, 2.24) is 14.7 Å². The van der Waals surface area contributed by atoms with Gasteiger partial charge in [-0.1, -0.05) is 11.6 Å². The Labute approximate surface area is 133 Å². The van der Waals surface area contributed by atoms with Crippen molar-refractivity contribution in [2.24, 2.45) is 0 Å². The van der Waals surface area contributed by atoms with Crippen molar-refractivity contribution in [3.05, 3.63) is 46.7 Å². The fraction of sp³-hybridized carbons (Fsp3) is 0.333. The highest BCUT2D eigenvalue weighted by atomic mass is 35.5. The molecule has 0 unspecified atom stereocenters. The van der Waals surface area contributed by atoms with E-state index in [0.717, 1.165) is 5.69 Å². The van der Waals surface area contributed by atoms with Crippen LogP contribution in [0.15, 0.2) is 30.5 Å². The number of hydrogen-bond donors (Lipinski definition) is 2. The Morgan fingerprint density at radius 1 is 1.23 bits per heavy atom. The summed E-state index contributed by atoms with van der Waals surface area (Å²) in [6, 6.07) is 7.11. The van der Waals surface area contributed by atoms with Crippen molar-refractivity contribution < 1.29 is 15.0 Å². The van der Waals surface area contributed by atoms with E-state index < -0.39 is 0 Å². The van der Waals surface area contributed by atoms with Gasteiger partial charge in [0.2, 0.25) is 0 Å². The molecule has 1 heterocycles. The number of aliphatic hydroxyl groups is 2. The summed E-state index contributed by atoms with van der Waals surface area (Å²) < 4.78 is 1.61. The third-order valence-electron chi connectivity index (χ3n) is 3.25. The number of carbonyl (C=O) groups excluding carboxylic acids is 1.